The minimum Gasteiger partial charge on any atom is -0.399 e. The van der Waals surface area contributed by atoms with Crippen LogP contribution in [-0.4, -0.2) is 19.6 Å². The van der Waals surface area contributed by atoms with Gasteiger partial charge in [0.2, 0.25) is 0 Å². The van der Waals surface area contributed by atoms with Gasteiger partial charge in [-0.25, -0.2) is 4.98 Å². The van der Waals surface area contributed by atoms with Crippen LogP contribution in [-0.2, 0) is 0 Å². The van der Waals surface area contributed by atoms with Gasteiger partial charge in [-0.15, -0.1) is 0 Å². The minimum atomic E-state index is -0.655. The molecule has 21 heavy (non-hydrogen) atoms. The molecule has 3 rings (SSSR count). The molecule has 0 fully saturated rings. The third-order valence-corrected chi connectivity index (χ3v) is 3.67. The number of nitrogens with zero attached hydrogens (tertiary/aromatic N) is 3. The highest BCUT2D eigenvalue weighted by Gasteiger charge is 2.20. The maximum atomic E-state index is 10.0. The third kappa shape index (κ3) is 2.36. The summed E-state index contributed by atoms with van der Waals surface area (Å²) in [6.07, 6.45) is 2.93. The van der Waals surface area contributed by atoms with Crippen LogP contribution in [0.5, 0.6) is 0 Å². The molecule has 1 aromatic carbocycles. The van der Waals surface area contributed by atoms with E-state index in [0.29, 0.717) is 11.5 Å². The highest BCUT2D eigenvalue weighted by atomic mass is 16.3. The van der Waals surface area contributed by atoms with Gasteiger partial charge in [0.1, 0.15) is 11.9 Å². The molecule has 0 aliphatic rings. The first-order chi connectivity index (χ1) is 10.1. The molecule has 5 nitrogen and oxygen atoms in total. The number of nitrogens with two attached hydrogens (primary N) is 1. The fraction of sp³-hybridized carbons (Fsp3) is 0.250. The van der Waals surface area contributed by atoms with Crippen LogP contribution in [0.2, 0.25) is 0 Å². The van der Waals surface area contributed by atoms with E-state index < -0.39 is 6.10 Å². The first-order valence-electron chi connectivity index (χ1n) is 6.93. The number of hydrogen-bond acceptors (Lipinski definition) is 4. The van der Waals surface area contributed by atoms with Crippen LogP contribution in [0.15, 0.2) is 42.7 Å². The molecule has 2 heterocycles. The molecule has 0 saturated heterocycles. The Kier molecular flexibility index (Phi) is 3.35. The Morgan fingerprint density at radius 1 is 1.24 bits per heavy atom. The lowest BCUT2D eigenvalue weighted by atomic mass is 10.1. The van der Waals surface area contributed by atoms with Crippen LogP contribution >= 0.6 is 0 Å². The molecule has 2 unspecified atom stereocenters. The average molecular weight is 282 g/mol. The third-order valence-electron chi connectivity index (χ3n) is 3.67. The van der Waals surface area contributed by atoms with Gasteiger partial charge in [0.05, 0.1) is 17.1 Å². The zero-order valence-corrected chi connectivity index (χ0v) is 12.1. The van der Waals surface area contributed by atoms with Crippen LogP contribution in [0.25, 0.3) is 11.0 Å². The van der Waals surface area contributed by atoms with E-state index in [0.717, 1.165) is 16.6 Å². The molecule has 5 heteroatoms. The largest absolute Gasteiger partial charge is 0.399 e. The molecule has 0 aliphatic heterocycles. The van der Waals surface area contributed by atoms with Crippen molar-refractivity contribution < 1.29 is 5.11 Å². The normalized spacial score (nSPS) is 14.2. The lowest BCUT2D eigenvalue weighted by Crippen LogP contribution is -2.12. The second-order valence-corrected chi connectivity index (χ2v) is 5.23. The molecule has 2 aromatic heterocycles. The van der Waals surface area contributed by atoms with Crippen LogP contribution in [0, 0.1) is 0 Å². The number of aliphatic hydroxyl groups is 1. The maximum absolute atomic E-state index is 10.0. The first-order valence-corrected chi connectivity index (χ1v) is 6.93. The first kappa shape index (κ1) is 13.6. The average Bonchev–Trinajstić information content (AvgIpc) is 2.86. The Morgan fingerprint density at radius 2 is 2.05 bits per heavy atom. The van der Waals surface area contributed by atoms with Crippen molar-refractivity contribution in [1.29, 1.82) is 0 Å². The van der Waals surface area contributed by atoms with Gasteiger partial charge in [-0.1, -0.05) is 6.07 Å². The van der Waals surface area contributed by atoms with Gasteiger partial charge in [-0.05, 0) is 43.7 Å². The number of benzene rings is 1. The smallest absolute Gasteiger partial charge is 0.139 e. The van der Waals surface area contributed by atoms with E-state index in [1.54, 1.807) is 13.1 Å². The number of rotatable bonds is 3. The van der Waals surface area contributed by atoms with Crippen LogP contribution in [0.4, 0.5) is 5.69 Å². The molecule has 0 amide bonds. The predicted octanol–water partition coefficient (Wildman–Crippen LogP) is 2.68. The van der Waals surface area contributed by atoms with Crippen molar-refractivity contribution in [1.82, 2.24) is 14.5 Å². The van der Waals surface area contributed by atoms with E-state index in [1.807, 2.05) is 41.1 Å². The Bertz CT molecular complexity index is 765. The van der Waals surface area contributed by atoms with Gasteiger partial charge in [-0.2, -0.15) is 0 Å². The number of fused-ring (bicyclic) bond motifs is 1. The molecule has 3 aromatic rings. The molecule has 2 atom stereocenters. The Labute approximate surface area is 123 Å². The van der Waals surface area contributed by atoms with Crippen molar-refractivity contribution >= 4 is 16.7 Å². The highest BCUT2D eigenvalue weighted by molar-refractivity contribution is 5.80. The molecule has 0 aliphatic carbocycles. The van der Waals surface area contributed by atoms with Gasteiger partial charge in [0.25, 0.3) is 0 Å². The fourth-order valence-corrected chi connectivity index (χ4v) is 2.61. The quantitative estimate of drug-likeness (QED) is 0.724. The van der Waals surface area contributed by atoms with E-state index in [-0.39, 0.29) is 6.04 Å². The molecular formula is C16H18N4O. The molecule has 0 spiro atoms. The standard InChI is InChI=1S/C16H18N4O/c1-10(12-4-3-7-18-9-12)20-15-6-5-13(17)8-14(15)19-16(20)11(2)21/h3-11,21H,17H2,1-2H3. The number of aromatic nitrogens is 3. The number of nitrogen functional groups attached to an aromatic ring is 1. The van der Waals surface area contributed by atoms with E-state index in [1.165, 1.54) is 0 Å². The van der Waals surface area contributed by atoms with Crippen LogP contribution < -0.4 is 5.73 Å². The Morgan fingerprint density at radius 3 is 2.71 bits per heavy atom. The molecule has 3 N–H and O–H groups in total. The molecule has 108 valence electrons. The lowest BCUT2D eigenvalue weighted by molar-refractivity contribution is 0.183. The predicted molar refractivity (Wildman–Crippen MR) is 82.8 cm³/mol. The summed E-state index contributed by atoms with van der Waals surface area (Å²) in [5.74, 6) is 0.631. The molecule has 0 radical (unpaired) electrons. The SMILES string of the molecule is CC(O)c1nc2cc(N)ccc2n1C(C)c1cccnc1. The summed E-state index contributed by atoms with van der Waals surface area (Å²) in [5, 5.41) is 10.0. The number of anilines is 1. The zero-order chi connectivity index (χ0) is 15.0. The molecule has 0 saturated carbocycles. The summed E-state index contributed by atoms with van der Waals surface area (Å²) >= 11 is 0. The van der Waals surface area contributed by atoms with Gasteiger partial charge < -0.3 is 15.4 Å². The van der Waals surface area contributed by atoms with E-state index in [2.05, 4.69) is 16.9 Å². The summed E-state index contributed by atoms with van der Waals surface area (Å²) in [6.45, 7) is 3.79. The van der Waals surface area contributed by atoms with Gasteiger partial charge in [0.15, 0.2) is 0 Å². The van der Waals surface area contributed by atoms with Crippen LogP contribution in [0.1, 0.15) is 37.4 Å². The second-order valence-electron chi connectivity index (χ2n) is 5.23. The number of hydrogen-bond donors (Lipinski definition) is 2. The minimum absolute atomic E-state index is 0.0249. The zero-order valence-electron chi connectivity index (χ0n) is 12.1. The van der Waals surface area contributed by atoms with Gasteiger partial charge in [-0.3, -0.25) is 4.98 Å². The topological polar surface area (TPSA) is 77.0 Å². The lowest BCUT2D eigenvalue weighted by Gasteiger charge is -2.19. The number of aliphatic hydroxyl groups excluding tert-OH is 1. The monoisotopic (exact) mass is 282 g/mol. The Hall–Kier alpha value is -2.40. The molecular weight excluding hydrogens is 264 g/mol. The van der Waals surface area contributed by atoms with Crippen LogP contribution in [0.3, 0.4) is 0 Å². The van der Waals surface area contributed by atoms with E-state index >= 15 is 0 Å². The maximum Gasteiger partial charge on any atom is 0.139 e. The second kappa shape index (κ2) is 5.18. The van der Waals surface area contributed by atoms with Crippen molar-refractivity contribution in [2.45, 2.75) is 26.0 Å². The van der Waals surface area contributed by atoms with Crippen molar-refractivity contribution in [3.63, 3.8) is 0 Å². The molecule has 0 bridgehead atoms. The van der Waals surface area contributed by atoms with Gasteiger partial charge in [0, 0.05) is 18.1 Å². The number of pyridine rings is 1. The Balaban J connectivity index is 2.22. The van der Waals surface area contributed by atoms with Crippen molar-refractivity contribution in [2.24, 2.45) is 0 Å². The number of imidazole rings is 1. The summed E-state index contributed by atoms with van der Waals surface area (Å²) in [7, 11) is 0. The van der Waals surface area contributed by atoms with Crippen molar-refractivity contribution in [3.8, 4) is 0 Å². The summed E-state index contributed by atoms with van der Waals surface area (Å²) in [4.78, 5) is 8.70. The van der Waals surface area contributed by atoms with Gasteiger partial charge >= 0.3 is 0 Å². The highest BCUT2D eigenvalue weighted by Crippen LogP contribution is 2.29. The summed E-state index contributed by atoms with van der Waals surface area (Å²) < 4.78 is 2.04. The van der Waals surface area contributed by atoms with Crippen molar-refractivity contribution in [3.05, 3.63) is 54.1 Å². The fourth-order valence-electron chi connectivity index (χ4n) is 2.61. The summed E-state index contributed by atoms with van der Waals surface area (Å²) in [5.41, 5.74) is 9.30. The van der Waals surface area contributed by atoms with E-state index in [9.17, 15) is 5.11 Å². The summed E-state index contributed by atoms with van der Waals surface area (Å²) in [6, 6.07) is 9.57. The van der Waals surface area contributed by atoms with Crippen molar-refractivity contribution in [2.75, 3.05) is 5.73 Å². The van der Waals surface area contributed by atoms with E-state index in [4.69, 9.17) is 5.73 Å².